The summed E-state index contributed by atoms with van der Waals surface area (Å²) in [7, 11) is 0. The number of anilines is 1. The first-order valence-electron chi connectivity index (χ1n) is 7.58. The second kappa shape index (κ2) is 8.60. The average Bonchev–Trinajstić information content (AvgIpc) is 3.03. The Bertz CT molecular complexity index is 743. The summed E-state index contributed by atoms with van der Waals surface area (Å²) in [4.78, 5) is 2.31. The van der Waals surface area contributed by atoms with E-state index in [1.54, 1.807) is 6.07 Å². The van der Waals surface area contributed by atoms with E-state index in [0.717, 1.165) is 37.3 Å². The van der Waals surface area contributed by atoms with Gasteiger partial charge in [0, 0.05) is 41.4 Å². The van der Waals surface area contributed by atoms with E-state index >= 15 is 0 Å². The van der Waals surface area contributed by atoms with Gasteiger partial charge in [0.2, 0.25) is 0 Å². The lowest BCUT2D eigenvalue weighted by Gasteiger charge is -2.19. The molecule has 24 heavy (non-hydrogen) atoms. The van der Waals surface area contributed by atoms with Crippen LogP contribution in [0.5, 0.6) is 0 Å². The lowest BCUT2D eigenvalue weighted by molar-refractivity contribution is 0.551. The van der Waals surface area contributed by atoms with Gasteiger partial charge in [0.25, 0.3) is 0 Å². The summed E-state index contributed by atoms with van der Waals surface area (Å²) in [5.41, 5.74) is 2.87. The molecule has 2 aromatic carbocycles. The second-order valence-corrected chi connectivity index (χ2v) is 6.55. The van der Waals surface area contributed by atoms with Crippen LogP contribution in [0.2, 0.25) is 10.0 Å². The predicted octanol–water partition coefficient (Wildman–Crippen LogP) is 4.66. The molecule has 1 fully saturated rings. The maximum atomic E-state index is 9.01. The molecule has 1 aliphatic rings. The van der Waals surface area contributed by atoms with Crippen molar-refractivity contribution in [2.24, 2.45) is 0 Å². The van der Waals surface area contributed by atoms with E-state index in [1.807, 2.05) is 30.3 Å². The number of hydrogen-bond donors (Lipinski definition) is 1. The molecule has 3 rings (SSSR count). The first-order chi connectivity index (χ1) is 11.2. The van der Waals surface area contributed by atoms with Gasteiger partial charge in [0.1, 0.15) is 0 Å². The van der Waals surface area contributed by atoms with Crippen molar-refractivity contribution in [2.45, 2.75) is 19.0 Å². The van der Waals surface area contributed by atoms with Crippen LogP contribution < -0.4 is 10.2 Å². The fourth-order valence-electron chi connectivity index (χ4n) is 2.85. The number of nitrogens with one attached hydrogen (secondary N) is 1. The lowest BCUT2D eigenvalue weighted by atomic mass is 10.2. The Hall–Kier alpha value is -1.44. The van der Waals surface area contributed by atoms with Crippen molar-refractivity contribution < 1.29 is 0 Å². The Kier molecular flexibility index (Phi) is 6.77. The van der Waals surface area contributed by atoms with Crippen LogP contribution in [0, 0.1) is 11.3 Å². The standard InChI is InChI=1S/C18H17Cl2N3.ClH/c19-15-5-4-14(18(20)9-15)11-22-16-6-7-23(12-16)17-3-1-2-13(8-17)10-21;/h1-5,8-9,16,22H,6-7,11-12H2;1H. The molecular weight excluding hydrogens is 365 g/mol. The Labute approximate surface area is 158 Å². The van der Waals surface area contributed by atoms with Crippen molar-refractivity contribution in [3.8, 4) is 6.07 Å². The largest absolute Gasteiger partial charge is 0.370 e. The van der Waals surface area contributed by atoms with Crippen molar-refractivity contribution in [3.63, 3.8) is 0 Å². The van der Waals surface area contributed by atoms with Crippen LogP contribution in [-0.4, -0.2) is 19.1 Å². The molecule has 0 bridgehead atoms. The second-order valence-electron chi connectivity index (χ2n) is 5.71. The van der Waals surface area contributed by atoms with Crippen LogP contribution in [0.25, 0.3) is 0 Å². The normalized spacial score (nSPS) is 16.5. The maximum Gasteiger partial charge on any atom is 0.0992 e. The van der Waals surface area contributed by atoms with E-state index in [2.05, 4.69) is 22.4 Å². The molecule has 126 valence electrons. The van der Waals surface area contributed by atoms with Gasteiger partial charge in [0.15, 0.2) is 0 Å². The van der Waals surface area contributed by atoms with Crippen LogP contribution in [-0.2, 0) is 6.54 Å². The van der Waals surface area contributed by atoms with Crippen molar-refractivity contribution in [3.05, 3.63) is 63.6 Å². The van der Waals surface area contributed by atoms with E-state index in [9.17, 15) is 0 Å². The van der Waals surface area contributed by atoms with E-state index in [-0.39, 0.29) is 12.4 Å². The minimum Gasteiger partial charge on any atom is -0.370 e. The fraction of sp³-hybridized carbons (Fsp3) is 0.278. The molecule has 2 aromatic rings. The molecular formula is C18H18Cl3N3. The highest BCUT2D eigenvalue weighted by Gasteiger charge is 2.22. The number of hydrogen-bond acceptors (Lipinski definition) is 3. The summed E-state index contributed by atoms with van der Waals surface area (Å²) in [6.45, 7) is 2.65. The molecule has 1 unspecified atom stereocenters. The van der Waals surface area contributed by atoms with E-state index in [4.69, 9.17) is 28.5 Å². The molecule has 6 heteroatoms. The number of halogens is 3. The molecule has 0 aromatic heterocycles. The van der Waals surface area contributed by atoms with Crippen LogP contribution in [0.1, 0.15) is 17.5 Å². The minimum atomic E-state index is 0. The third-order valence-corrected chi connectivity index (χ3v) is 4.71. The van der Waals surface area contributed by atoms with Gasteiger partial charge in [-0.3, -0.25) is 0 Å². The molecule has 0 aliphatic carbocycles. The van der Waals surface area contributed by atoms with Crippen LogP contribution >= 0.6 is 35.6 Å². The Morgan fingerprint density at radius 2 is 2.04 bits per heavy atom. The molecule has 3 nitrogen and oxygen atoms in total. The fourth-order valence-corrected chi connectivity index (χ4v) is 3.33. The number of rotatable bonds is 4. The van der Waals surface area contributed by atoms with E-state index < -0.39 is 0 Å². The van der Waals surface area contributed by atoms with Crippen LogP contribution in [0.4, 0.5) is 5.69 Å². The van der Waals surface area contributed by atoms with Gasteiger partial charge < -0.3 is 10.2 Å². The van der Waals surface area contributed by atoms with Gasteiger partial charge in [0.05, 0.1) is 11.6 Å². The molecule has 1 aliphatic heterocycles. The number of nitrogens with zero attached hydrogens (tertiary/aromatic N) is 2. The first-order valence-corrected chi connectivity index (χ1v) is 8.34. The Morgan fingerprint density at radius 3 is 2.79 bits per heavy atom. The highest BCUT2D eigenvalue weighted by atomic mass is 35.5. The minimum absolute atomic E-state index is 0. The maximum absolute atomic E-state index is 9.01. The van der Waals surface area contributed by atoms with Crippen LogP contribution in [0.15, 0.2) is 42.5 Å². The zero-order chi connectivity index (χ0) is 16.2. The average molecular weight is 383 g/mol. The van der Waals surface area contributed by atoms with E-state index in [1.165, 1.54) is 0 Å². The Morgan fingerprint density at radius 1 is 1.21 bits per heavy atom. The third-order valence-electron chi connectivity index (χ3n) is 4.12. The molecule has 0 amide bonds. The highest BCUT2D eigenvalue weighted by molar-refractivity contribution is 6.35. The summed E-state index contributed by atoms with van der Waals surface area (Å²) in [6, 6.07) is 16.0. The lowest BCUT2D eigenvalue weighted by Crippen LogP contribution is -2.32. The molecule has 1 atom stereocenters. The van der Waals surface area contributed by atoms with Crippen LogP contribution in [0.3, 0.4) is 0 Å². The molecule has 1 saturated heterocycles. The number of benzene rings is 2. The smallest absolute Gasteiger partial charge is 0.0992 e. The first kappa shape index (κ1) is 18.9. The number of nitriles is 1. The summed E-state index contributed by atoms with van der Waals surface area (Å²) in [5.74, 6) is 0. The Balaban J connectivity index is 0.00000208. The quantitative estimate of drug-likeness (QED) is 0.836. The third kappa shape index (κ3) is 4.55. The zero-order valence-corrected chi connectivity index (χ0v) is 15.3. The van der Waals surface area contributed by atoms with Gasteiger partial charge >= 0.3 is 0 Å². The van der Waals surface area contributed by atoms with E-state index in [0.29, 0.717) is 21.7 Å². The topological polar surface area (TPSA) is 39.1 Å². The molecule has 0 radical (unpaired) electrons. The van der Waals surface area contributed by atoms with Crippen molar-refractivity contribution in [1.29, 1.82) is 5.26 Å². The van der Waals surface area contributed by atoms with Gasteiger partial charge in [-0.2, -0.15) is 5.26 Å². The van der Waals surface area contributed by atoms with Gasteiger partial charge in [-0.15, -0.1) is 12.4 Å². The van der Waals surface area contributed by atoms with Crippen molar-refractivity contribution >= 4 is 41.3 Å². The summed E-state index contributed by atoms with van der Waals surface area (Å²) < 4.78 is 0. The molecule has 1 heterocycles. The zero-order valence-electron chi connectivity index (χ0n) is 13.0. The molecule has 1 N–H and O–H groups in total. The monoisotopic (exact) mass is 381 g/mol. The van der Waals surface area contributed by atoms with Crippen molar-refractivity contribution in [1.82, 2.24) is 5.32 Å². The summed E-state index contributed by atoms with van der Waals surface area (Å²) in [6.07, 6.45) is 1.07. The van der Waals surface area contributed by atoms with Gasteiger partial charge in [-0.05, 0) is 42.3 Å². The highest BCUT2D eigenvalue weighted by Crippen LogP contribution is 2.23. The molecule has 0 spiro atoms. The predicted molar refractivity (Wildman–Crippen MR) is 102 cm³/mol. The van der Waals surface area contributed by atoms with Gasteiger partial charge in [-0.25, -0.2) is 0 Å². The van der Waals surface area contributed by atoms with Crippen molar-refractivity contribution in [2.75, 3.05) is 18.0 Å². The van der Waals surface area contributed by atoms with Gasteiger partial charge in [-0.1, -0.05) is 35.3 Å². The summed E-state index contributed by atoms with van der Waals surface area (Å²) in [5, 5.41) is 13.9. The molecule has 0 saturated carbocycles. The summed E-state index contributed by atoms with van der Waals surface area (Å²) >= 11 is 12.1. The SMILES string of the molecule is Cl.N#Cc1cccc(N2CCC(NCc3ccc(Cl)cc3Cl)C2)c1.